The van der Waals surface area contributed by atoms with E-state index in [1.807, 2.05) is 31.2 Å². The quantitative estimate of drug-likeness (QED) is 0.764. The van der Waals surface area contributed by atoms with Gasteiger partial charge in [-0.1, -0.05) is 6.92 Å². The van der Waals surface area contributed by atoms with Gasteiger partial charge in [0, 0.05) is 36.3 Å². The van der Waals surface area contributed by atoms with Gasteiger partial charge >= 0.3 is 0 Å². The molecule has 1 unspecified atom stereocenters. The van der Waals surface area contributed by atoms with Crippen LogP contribution in [0, 0.1) is 0 Å². The molecule has 0 spiro atoms. The second-order valence-corrected chi connectivity index (χ2v) is 5.48. The Bertz CT molecular complexity index is 423. The van der Waals surface area contributed by atoms with Crippen LogP contribution in [0.4, 0.5) is 5.69 Å². The summed E-state index contributed by atoms with van der Waals surface area (Å²) in [5.74, 6) is 0.202. The molecule has 1 saturated carbocycles. The molecule has 0 aromatic heterocycles. The first-order valence-electron chi connectivity index (χ1n) is 7.21. The topological polar surface area (TPSA) is 32.3 Å². The maximum absolute atomic E-state index is 11.5. The Labute approximate surface area is 116 Å². The maximum atomic E-state index is 11.5. The van der Waals surface area contributed by atoms with Gasteiger partial charge in [0.2, 0.25) is 0 Å². The van der Waals surface area contributed by atoms with Gasteiger partial charge in [-0.15, -0.1) is 0 Å². The molecule has 1 fully saturated rings. The van der Waals surface area contributed by atoms with E-state index < -0.39 is 0 Å². The van der Waals surface area contributed by atoms with Gasteiger partial charge in [0.1, 0.15) is 0 Å². The van der Waals surface area contributed by atoms with Gasteiger partial charge in [0.05, 0.1) is 0 Å². The third-order valence-electron chi connectivity index (χ3n) is 3.95. The SMILES string of the molecule is CCC(=O)c1ccc(NCC(C)N(C)C2CC2)cc1. The smallest absolute Gasteiger partial charge is 0.162 e. The zero-order valence-electron chi connectivity index (χ0n) is 12.1. The molecule has 0 heterocycles. The molecule has 2 rings (SSSR count). The average Bonchev–Trinajstić information content (AvgIpc) is 3.28. The summed E-state index contributed by atoms with van der Waals surface area (Å²) in [6.07, 6.45) is 3.25. The monoisotopic (exact) mass is 260 g/mol. The van der Waals surface area contributed by atoms with Crippen molar-refractivity contribution in [3.8, 4) is 0 Å². The Morgan fingerprint density at radius 3 is 2.53 bits per heavy atom. The van der Waals surface area contributed by atoms with E-state index in [0.29, 0.717) is 12.5 Å². The van der Waals surface area contributed by atoms with Crippen LogP contribution in [0.1, 0.15) is 43.5 Å². The third kappa shape index (κ3) is 3.80. The first-order valence-corrected chi connectivity index (χ1v) is 7.21. The molecule has 0 radical (unpaired) electrons. The van der Waals surface area contributed by atoms with E-state index >= 15 is 0 Å². The molecule has 19 heavy (non-hydrogen) atoms. The highest BCUT2D eigenvalue weighted by molar-refractivity contribution is 5.96. The fraction of sp³-hybridized carbons (Fsp3) is 0.562. The number of Topliss-reactive ketones (excluding diaryl/α,β-unsaturated/α-hetero) is 1. The summed E-state index contributed by atoms with van der Waals surface area (Å²) >= 11 is 0. The van der Waals surface area contributed by atoms with Crippen molar-refractivity contribution >= 4 is 11.5 Å². The lowest BCUT2D eigenvalue weighted by atomic mass is 10.1. The fourth-order valence-corrected chi connectivity index (χ4v) is 2.23. The van der Waals surface area contributed by atoms with Crippen molar-refractivity contribution in [1.29, 1.82) is 0 Å². The zero-order chi connectivity index (χ0) is 13.8. The molecule has 3 nitrogen and oxygen atoms in total. The number of carbonyl (C=O) groups is 1. The molecule has 0 saturated heterocycles. The van der Waals surface area contributed by atoms with Crippen LogP contribution in [0.15, 0.2) is 24.3 Å². The first kappa shape index (κ1) is 14.1. The molecular weight excluding hydrogens is 236 g/mol. The zero-order valence-corrected chi connectivity index (χ0v) is 12.1. The van der Waals surface area contributed by atoms with Gasteiger partial charge in [-0.3, -0.25) is 9.69 Å². The lowest BCUT2D eigenvalue weighted by Crippen LogP contribution is -2.36. The standard InChI is InChI=1S/C16H24N2O/c1-4-16(19)13-5-7-14(8-6-13)17-11-12(2)18(3)15-9-10-15/h5-8,12,15,17H,4,9-11H2,1-3H3. The number of hydrogen-bond donors (Lipinski definition) is 1. The minimum Gasteiger partial charge on any atom is -0.383 e. The van der Waals surface area contributed by atoms with Crippen LogP contribution in [-0.4, -0.2) is 36.4 Å². The number of nitrogens with zero attached hydrogens (tertiary/aromatic N) is 1. The van der Waals surface area contributed by atoms with Crippen LogP contribution in [0.2, 0.25) is 0 Å². The molecule has 3 heteroatoms. The van der Waals surface area contributed by atoms with Crippen molar-refractivity contribution in [2.45, 2.75) is 45.2 Å². The summed E-state index contributed by atoms with van der Waals surface area (Å²) in [7, 11) is 2.20. The van der Waals surface area contributed by atoms with E-state index in [1.165, 1.54) is 12.8 Å². The van der Waals surface area contributed by atoms with Crippen LogP contribution in [0.25, 0.3) is 0 Å². The number of rotatable bonds is 7. The average molecular weight is 260 g/mol. The van der Waals surface area contributed by atoms with Gasteiger partial charge in [0.25, 0.3) is 0 Å². The van der Waals surface area contributed by atoms with E-state index in [-0.39, 0.29) is 5.78 Å². The maximum Gasteiger partial charge on any atom is 0.162 e. The Hall–Kier alpha value is -1.35. The second-order valence-electron chi connectivity index (χ2n) is 5.48. The molecule has 1 aromatic carbocycles. The van der Waals surface area contributed by atoms with E-state index in [9.17, 15) is 4.79 Å². The van der Waals surface area contributed by atoms with Crippen molar-refractivity contribution in [2.24, 2.45) is 0 Å². The predicted octanol–water partition coefficient (Wildman–Crippen LogP) is 3.17. The van der Waals surface area contributed by atoms with Crippen LogP contribution < -0.4 is 5.32 Å². The summed E-state index contributed by atoms with van der Waals surface area (Å²) in [6.45, 7) is 5.08. The molecule has 1 aromatic rings. The normalized spacial score (nSPS) is 16.4. The van der Waals surface area contributed by atoms with Crippen molar-refractivity contribution in [3.05, 3.63) is 29.8 Å². The molecule has 1 aliphatic rings. The highest BCUT2D eigenvalue weighted by Gasteiger charge is 2.28. The highest BCUT2D eigenvalue weighted by Crippen LogP contribution is 2.26. The van der Waals surface area contributed by atoms with E-state index in [1.54, 1.807) is 0 Å². The van der Waals surface area contributed by atoms with Gasteiger partial charge in [-0.2, -0.15) is 0 Å². The summed E-state index contributed by atoms with van der Waals surface area (Å²) in [5, 5.41) is 3.44. The minimum absolute atomic E-state index is 0.202. The summed E-state index contributed by atoms with van der Waals surface area (Å²) < 4.78 is 0. The Kier molecular flexibility index (Phi) is 4.59. The molecule has 0 amide bonds. The number of carbonyl (C=O) groups excluding carboxylic acids is 1. The Balaban J connectivity index is 1.83. The number of benzene rings is 1. The lowest BCUT2D eigenvalue weighted by molar-refractivity contribution is 0.0988. The summed E-state index contributed by atoms with van der Waals surface area (Å²) in [6, 6.07) is 9.12. The van der Waals surface area contributed by atoms with E-state index in [0.717, 1.165) is 23.8 Å². The predicted molar refractivity (Wildman–Crippen MR) is 79.8 cm³/mol. The fourth-order valence-electron chi connectivity index (χ4n) is 2.23. The van der Waals surface area contributed by atoms with E-state index in [4.69, 9.17) is 0 Å². The minimum atomic E-state index is 0.202. The molecule has 1 aliphatic carbocycles. The summed E-state index contributed by atoms with van der Waals surface area (Å²) in [5.41, 5.74) is 1.89. The Morgan fingerprint density at radius 2 is 2.00 bits per heavy atom. The largest absolute Gasteiger partial charge is 0.383 e. The van der Waals surface area contributed by atoms with E-state index in [2.05, 4.69) is 24.2 Å². The van der Waals surface area contributed by atoms with Gasteiger partial charge < -0.3 is 5.32 Å². The van der Waals surface area contributed by atoms with Crippen LogP contribution in [0.3, 0.4) is 0 Å². The van der Waals surface area contributed by atoms with Gasteiger partial charge in [-0.25, -0.2) is 0 Å². The lowest BCUT2D eigenvalue weighted by Gasteiger charge is -2.25. The molecule has 0 aliphatic heterocycles. The van der Waals surface area contributed by atoms with Crippen LogP contribution in [0.5, 0.6) is 0 Å². The van der Waals surface area contributed by atoms with Crippen LogP contribution in [-0.2, 0) is 0 Å². The molecule has 1 atom stereocenters. The highest BCUT2D eigenvalue weighted by atomic mass is 16.1. The van der Waals surface area contributed by atoms with Crippen molar-refractivity contribution < 1.29 is 4.79 Å². The number of nitrogens with one attached hydrogen (secondary N) is 1. The first-order chi connectivity index (χ1) is 9.11. The Morgan fingerprint density at radius 1 is 1.37 bits per heavy atom. The number of ketones is 1. The molecule has 1 N–H and O–H groups in total. The molecule has 0 bridgehead atoms. The number of anilines is 1. The molecule has 104 valence electrons. The van der Waals surface area contributed by atoms with Crippen molar-refractivity contribution in [3.63, 3.8) is 0 Å². The second kappa shape index (κ2) is 6.20. The van der Waals surface area contributed by atoms with Gasteiger partial charge in [0.15, 0.2) is 5.78 Å². The number of hydrogen-bond acceptors (Lipinski definition) is 3. The number of likely N-dealkylation sites (N-methyl/N-ethyl adjacent to an activating group) is 1. The third-order valence-corrected chi connectivity index (χ3v) is 3.95. The summed E-state index contributed by atoms with van der Waals surface area (Å²) in [4.78, 5) is 14.0. The van der Waals surface area contributed by atoms with Crippen LogP contribution >= 0.6 is 0 Å². The van der Waals surface area contributed by atoms with Gasteiger partial charge in [-0.05, 0) is 51.1 Å². The van der Waals surface area contributed by atoms with Crippen molar-refractivity contribution in [2.75, 3.05) is 18.9 Å². The van der Waals surface area contributed by atoms with Crippen molar-refractivity contribution in [1.82, 2.24) is 4.90 Å². The molecular formula is C16H24N2O.